The zero-order valence-corrected chi connectivity index (χ0v) is 16.2. The van der Waals surface area contributed by atoms with Gasteiger partial charge in [0.05, 0.1) is 5.39 Å². The molecule has 3 rings (SSSR count). The molecular weight excluding hydrogens is 375 g/mol. The van der Waals surface area contributed by atoms with Crippen LogP contribution < -0.4 is 5.56 Å². The Morgan fingerprint density at radius 2 is 1.76 bits per heavy atom. The Balaban J connectivity index is 1.91. The number of fused-ring (bicyclic) bond motifs is 1. The number of Topliss-reactive ketones (excluding diaryl/α,β-unsaturated/α-hetero) is 1. The van der Waals surface area contributed by atoms with Crippen molar-refractivity contribution in [1.29, 1.82) is 0 Å². The zero-order valence-electron chi connectivity index (χ0n) is 16.2. The van der Waals surface area contributed by atoms with Gasteiger partial charge in [-0.2, -0.15) is 5.10 Å². The summed E-state index contributed by atoms with van der Waals surface area (Å²) in [6.07, 6.45) is 0.507. The quantitative estimate of drug-likeness (QED) is 0.449. The summed E-state index contributed by atoms with van der Waals surface area (Å²) in [5, 5.41) is 4.94. The topological polar surface area (TPSA) is 78.3 Å². The SMILES string of the molecule is CCCCn1nc(C(=O)O[C@@H](C)C(=O)c2ccc(F)cc2)c2ccccc2c1=O. The van der Waals surface area contributed by atoms with E-state index in [1.807, 2.05) is 6.92 Å². The standard InChI is InChI=1S/C22H21FN2O4/c1-3-4-13-25-21(27)18-8-6-5-7-17(18)19(24-25)22(28)29-14(2)20(26)15-9-11-16(23)12-10-15/h5-12,14H,3-4,13H2,1-2H3/t14-/m0/s1. The molecule has 3 aromatic rings. The summed E-state index contributed by atoms with van der Waals surface area (Å²) >= 11 is 0. The minimum Gasteiger partial charge on any atom is -0.449 e. The molecule has 0 aliphatic carbocycles. The van der Waals surface area contributed by atoms with Crippen molar-refractivity contribution in [2.24, 2.45) is 0 Å². The van der Waals surface area contributed by atoms with Gasteiger partial charge in [-0.3, -0.25) is 9.59 Å². The Morgan fingerprint density at radius 3 is 2.41 bits per heavy atom. The van der Waals surface area contributed by atoms with Crippen LogP contribution in [0.5, 0.6) is 0 Å². The molecule has 2 aromatic carbocycles. The predicted molar refractivity (Wildman–Crippen MR) is 107 cm³/mol. The number of nitrogens with zero attached hydrogens (tertiary/aromatic N) is 2. The van der Waals surface area contributed by atoms with Gasteiger partial charge in [-0.1, -0.05) is 31.5 Å². The molecule has 7 heteroatoms. The lowest BCUT2D eigenvalue weighted by atomic mass is 10.1. The summed E-state index contributed by atoms with van der Waals surface area (Å²) in [6.45, 7) is 3.81. The molecular formula is C22H21FN2O4. The summed E-state index contributed by atoms with van der Waals surface area (Å²) in [6, 6.07) is 11.7. The number of carbonyl (C=O) groups is 2. The van der Waals surface area contributed by atoms with Crippen LogP contribution in [-0.2, 0) is 11.3 Å². The van der Waals surface area contributed by atoms with Crippen LogP contribution in [0, 0.1) is 5.82 Å². The molecule has 0 N–H and O–H groups in total. The third-order valence-electron chi connectivity index (χ3n) is 4.57. The van der Waals surface area contributed by atoms with E-state index >= 15 is 0 Å². The highest BCUT2D eigenvalue weighted by molar-refractivity contribution is 6.05. The van der Waals surface area contributed by atoms with Crippen molar-refractivity contribution in [3.8, 4) is 0 Å². The smallest absolute Gasteiger partial charge is 0.360 e. The minimum atomic E-state index is -1.09. The van der Waals surface area contributed by atoms with Gasteiger partial charge in [-0.05, 0) is 43.7 Å². The number of aromatic nitrogens is 2. The molecule has 1 heterocycles. The fraction of sp³-hybridized carbons (Fsp3) is 0.273. The van der Waals surface area contributed by atoms with Gasteiger partial charge in [0.25, 0.3) is 5.56 Å². The number of hydrogen-bond donors (Lipinski definition) is 0. The Bertz CT molecular complexity index is 1110. The molecule has 0 fully saturated rings. The Hall–Kier alpha value is -3.35. The van der Waals surface area contributed by atoms with Crippen molar-refractivity contribution >= 4 is 22.5 Å². The number of aryl methyl sites for hydroxylation is 1. The molecule has 150 valence electrons. The lowest BCUT2D eigenvalue weighted by Crippen LogP contribution is -2.29. The number of hydrogen-bond acceptors (Lipinski definition) is 5. The van der Waals surface area contributed by atoms with Crippen LogP contribution in [0.1, 0.15) is 47.5 Å². The zero-order chi connectivity index (χ0) is 21.0. The first kappa shape index (κ1) is 20.4. The van der Waals surface area contributed by atoms with Gasteiger partial charge in [-0.25, -0.2) is 13.9 Å². The summed E-state index contributed by atoms with van der Waals surface area (Å²) in [5.74, 6) is -1.72. The maximum atomic E-state index is 13.1. The average molecular weight is 396 g/mol. The summed E-state index contributed by atoms with van der Waals surface area (Å²) in [7, 11) is 0. The monoisotopic (exact) mass is 396 g/mol. The highest BCUT2D eigenvalue weighted by Gasteiger charge is 2.24. The number of esters is 1. The number of ether oxygens (including phenoxy) is 1. The molecule has 0 unspecified atom stereocenters. The van der Waals surface area contributed by atoms with Crippen LogP contribution in [-0.4, -0.2) is 27.6 Å². The Morgan fingerprint density at radius 1 is 1.10 bits per heavy atom. The van der Waals surface area contributed by atoms with Crippen molar-refractivity contribution in [2.75, 3.05) is 0 Å². The number of carbonyl (C=O) groups excluding carboxylic acids is 2. The fourth-order valence-electron chi connectivity index (χ4n) is 2.96. The Labute approximate surface area is 166 Å². The molecule has 0 aliphatic heterocycles. The van der Waals surface area contributed by atoms with Gasteiger partial charge in [0, 0.05) is 17.5 Å². The highest BCUT2D eigenvalue weighted by Crippen LogP contribution is 2.16. The van der Waals surface area contributed by atoms with Crippen LogP contribution in [0.25, 0.3) is 10.8 Å². The van der Waals surface area contributed by atoms with Crippen molar-refractivity contribution in [3.05, 3.63) is 76.0 Å². The molecule has 1 atom stereocenters. The number of rotatable bonds is 7. The molecule has 1 aromatic heterocycles. The molecule has 0 aliphatic rings. The molecule has 29 heavy (non-hydrogen) atoms. The van der Waals surface area contributed by atoms with Gasteiger partial charge in [0.1, 0.15) is 5.82 Å². The van der Waals surface area contributed by atoms with Crippen molar-refractivity contribution in [3.63, 3.8) is 0 Å². The van der Waals surface area contributed by atoms with Gasteiger partial charge in [0.2, 0.25) is 5.78 Å². The molecule has 0 amide bonds. The van der Waals surface area contributed by atoms with E-state index in [4.69, 9.17) is 4.74 Å². The molecule has 0 spiro atoms. The second kappa shape index (κ2) is 8.77. The summed E-state index contributed by atoms with van der Waals surface area (Å²) in [5.41, 5.74) is -0.0615. The molecule has 0 saturated carbocycles. The van der Waals surface area contributed by atoms with E-state index < -0.39 is 23.7 Å². The van der Waals surface area contributed by atoms with E-state index in [9.17, 15) is 18.8 Å². The fourth-order valence-corrected chi connectivity index (χ4v) is 2.96. The molecule has 0 saturated heterocycles. The number of ketones is 1. The van der Waals surface area contributed by atoms with Crippen molar-refractivity contribution in [1.82, 2.24) is 9.78 Å². The van der Waals surface area contributed by atoms with E-state index in [0.29, 0.717) is 17.3 Å². The third kappa shape index (κ3) is 4.39. The Kier molecular flexibility index (Phi) is 6.16. The molecule has 6 nitrogen and oxygen atoms in total. The minimum absolute atomic E-state index is 0.0185. The lowest BCUT2D eigenvalue weighted by molar-refractivity contribution is 0.0312. The second-order valence-corrected chi connectivity index (χ2v) is 6.69. The van der Waals surface area contributed by atoms with Crippen LogP contribution in [0.3, 0.4) is 0 Å². The average Bonchev–Trinajstić information content (AvgIpc) is 2.73. The van der Waals surface area contributed by atoms with Crippen LogP contribution in [0.4, 0.5) is 4.39 Å². The first-order valence-corrected chi connectivity index (χ1v) is 9.43. The maximum absolute atomic E-state index is 13.1. The normalized spacial score (nSPS) is 12.0. The predicted octanol–water partition coefficient (Wildman–Crippen LogP) is 3.76. The van der Waals surface area contributed by atoms with E-state index in [2.05, 4.69) is 5.10 Å². The van der Waals surface area contributed by atoms with E-state index in [-0.39, 0.29) is 16.8 Å². The van der Waals surface area contributed by atoms with E-state index in [1.165, 1.54) is 35.9 Å². The maximum Gasteiger partial charge on any atom is 0.360 e. The lowest BCUT2D eigenvalue weighted by Gasteiger charge is -2.14. The van der Waals surface area contributed by atoms with Gasteiger partial charge in [0.15, 0.2) is 11.8 Å². The second-order valence-electron chi connectivity index (χ2n) is 6.69. The summed E-state index contributed by atoms with van der Waals surface area (Å²) < 4.78 is 19.6. The number of benzene rings is 2. The first-order valence-electron chi connectivity index (χ1n) is 9.43. The largest absolute Gasteiger partial charge is 0.449 e. The van der Waals surface area contributed by atoms with Gasteiger partial charge < -0.3 is 4.74 Å². The van der Waals surface area contributed by atoms with Crippen LogP contribution in [0.15, 0.2) is 53.3 Å². The molecule has 0 bridgehead atoms. The highest BCUT2D eigenvalue weighted by atomic mass is 19.1. The van der Waals surface area contributed by atoms with Gasteiger partial charge in [-0.15, -0.1) is 0 Å². The van der Waals surface area contributed by atoms with Crippen molar-refractivity contribution in [2.45, 2.75) is 39.3 Å². The van der Waals surface area contributed by atoms with Gasteiger partial charge >= 0.3 is 5.97 Å². The van der Waals surface area contributed by atoms with E-state index in [0.717, 1.165) is 12.8 Å². The molecule has 0 radical (unpaired) electrons. The number of halogens is 1. The summed E-state index contributed by atoms with van der Waals surface area (Å²) in [4.78, 5) is 37.9. The van der Waals surface area contributed by atoms with Crippen LogP contribution >= 0.6 is 0 Å². The van der Waals surface area contributed by atoms with Crippen molar-refractivity contribution < 1.29 is 18.7 Å². The van der Waals surface area contributed by atoms with E-state index in [1.54, 1.807) is 24.3 Å². The number of unbranched alkanes of at least 4 members (excludes halogenated alkanes) is 1. The van der Waals surface area contributed by atoms with Crippen LogP contribution in [0.2, 0.25) is 0 Å². The first-order chi connectivity index (χ1) is 13.9. The third-order valence-corrected chi connectivity index (χ3v) is 4.57.